The molecule has 3 aromatic heterocycles. The maximum Gasteiger partial charge on any atom is 0.262 e. The molecule has 0 spiro atoms. The quantitative estimate of drug-likeness (QED) is 0.538. The molecule has 0 unspecified atom stereocenters. The maximum absolute atomic E-state index is 13.2. The second-order valence-electron chi connectivity index (χ2n) is 6.13. The van der Waals surface area contributed by atoms with Crippen LogP contribution in [0.3, 0.4) is 0 Å². The molecule has 3 heterocycles. The Morgan fingerprint density at radius 1 is 1.15 bits per heavy atom. The lowest BCUT2D eigenvalue weighted by molar-refractivity contribution is 0.186. The zero-order chi connectivity index (χ0) is 19.0. The fourth-order valence-corrected chi connectivity index (χ4v) is 3.12. The summed E-state index contributed by atoms with van der Waals surface area (Å²) in [6, 6.07) is 9.34. The molecule has 8 heteroatoms. The van der Waals surface area contributed by atoms with E-state index in [4.69, 9.17) is 9.47 Å². The van der Waals surface area contributed by atoms with Crippen molar-refractivity contribution in [2.45, 2.75) is 13.5 Å². The van der Waals surface area contributed by atoms with Crippen molar-refractivity contribution in [1.29, 1.82) is 0 Å². The highest BCUT2D eigenvalue weighted by Gasteiger charge is 2.18. The van der Waals surface area contributed by atoms with Crippen LogP contribution in [-0.2, 0) is 11.3 Å². The minimum Gasteiger partial charge on any atom is -0.497 e. The first kappa shape index (κ1) is 17.2. The Kier molecular flexibility index (Phi) is 4.33. The maximum atomic E-state index is 13.2. The van der Waals surface area contributed by atoms with Gasteiger partial charge in [-0.3, -0.25) is 4.79 Å². The van der Waals surface area contributed by atoms with Crippen LogP contribution in [0.15, 0.2) is 41.3 Å². The number of fused-ring (bicyclic) bond motifs is 2. The van der Waals surface area contributed by atoms with Gasteiger partial charge < -0.3 is 14.0 Å². The third kappa shape index (κ3) is 2.93. The molecule has 0 bridgehead atoms. The van der Waals surface area contributed by atoms with Crippen LogP contribution in [0.5, 0.6) is 5.75 Å². The van der Waals surface area contributed by atoms with Crippen LogP contribution < -0.4 is 10.3 Å². The molecular formula is C19H19N5O3. The number of aryl methyl sites for hydroxylation is 1. The van der Waals surface area contributed by atoms with E-state index < -0.39 is 0 Å². The van der Waals surface area contributed by atoms with Gasteiger partial charge in [0.25, 0.3) is 11.3 Å². The molecule has 4 rings (SSSR count). The van der Waals surface area contributed by atoms with Crippen molar-refractivity contribution in [2.24, 2.45) is 0 Å². The van der Waals surface area contributed by atoms with E-state index >= 15 is 0 Å². The average Bonchev–Trinajstić information content (AvgIpc) is 3.05. The van der Waals surface area contributed by atoms with E-state index in [-0.39, 0.29) is 5.56 Å². The first-order valence-corrected chi connectivity index (χ1v) is 8.52. The second-order valence-corrected chi connectivity index (χ2v) is 6.13. The lowest BCUT2D eigenvalue weighted by Gasteiger charge is -2.12. The van der Waals surface area contributed by atoms with Gasteiger partial charge in [0, 0.05) is 25.4 Å². The number of nitrogens with zero attached hydrogens (tertiary/aromatic N) is 5. The van der Waals surface area contributed by atoms with Gasteiger partial charge in [0.2, 0.25) is 0 Å². The van der Waals surface area contributed by atoms with Crippen molar-refractivity contribution in [3.63, 3.8) is 0 Å². The second kappa shape index (κ2) is 6.81. The van der Waals surface area contributed by atoms with E-state index in [0.29, 0.717) is 47.1 Å². The van der Waals surface area contributed by atoms with Gasteiger partial charge >= 0.3 is 0 Å². The topological polar surface area (TPSA) is 83.5 Å². The first-order valence-electron chi connectivity index (χ1n) is 8.52. The summed E-state index contributed by atoms with van der Waals surface area (Å²) in [7, 11) is 3.22. The summed E-state index contributed by atoms with van der Waals surface area (Å²) in [6.45, 7) is 2.70. The Hall–Kier alpha value is -3.26. The number of aromatic nitrogens is 5. The van der Waals surface area contributed by atoms with Gasteiger partial charge in [-0.15, -0.1) is 5.10 Å². The highest BCUT2D eigenvalue weighted by molar-refractivity contribution is 5.93. The standard InChI is InChI=1S/C19H19N5O3/c1-12-20-19-21-15-7-8-23(9-10-26-2)18(25)16(15)17(24(19)22-12)13-5-4-6-14(11-13)27-3/h4-8,11H,9-10H2,1-3H3. The van der Waals surface area contributed by atoms with Gasteiger partial charge in [0.05, 0.1) is 30.3 Å². The normalized spacial score (nSPS) is 11.4. The lowest BCUT2D eigenvalue weighted by Crippen LogP contribution is -2.23. The third-order valence-corrected chi connectivity index (χ3v) is 4.39. The number of hydrogen-bond acceptors (Lipinski definition) is 6. The molecule has 0 saturated heterocycles. The summed E-state index contributed by atoms with van der Waals surface area (Å²) < 4.78 is 13.7. The van der Waals surface area contributed by atoms with Gasteiger partial charge in [0.1, 0.15) is 11.6 Å². The molecule has 0 amide bonds. The number of methoxy groups -OCH3 is 2. The van der Waals surface area contributed by atoms with Crippen molar-refractivity contribution >= 4 is 16.7 Å². The van der Waals surface area contributed by atoms with Gasteiger partial charge in [0.15, 0.2) is 0 Å². The van der Waals surface area contributed by atoms with Gasteiger partial charge in [-0.2, -0.15) is 9.50 Å². The summed E-state index contributed by atoms with van der Waals surface area (Å²) in [6.07, 6.45) is 1.73. The predicted molar refractivity (Wildman–Crippen MR) is 101 cm³/mol. The molecule has 0 N–H and O–H groups in total. The van der Waals surface area contributed by atoms with Crippen LogP contribution in [0, 0.1) is 6.92 Å². The molecule has 0 radical (unpaired) electrons. The van der Waals surface area contributed by atoms with E-state index in [0.717, 1.165) is 5.56 Å². The molecule has 0 saturated carbocycles. The highest BCUT2D eigenvalue weighted by atomic mass is 16.5. The predicted octanol–water partition coefficient (Wildman–Crippen LogP) is 2.07. The fraction of sp³-hybridized carbons (Fsp3) is 0.263. The van der Waals surface area contributed by atoms with E-state index in [2.05, 4.69) is 15.1 Å². The van der Waals surface area contributed by atoms with Crippen molar-refractivity contribution in [3.05, 3.63) is 52.7 Å². The Labute approximate surface area is 155 Å². The number of ether oxygens (including phenoxy) is 2. The van der Waals surface area contributed by atoms with Crippen LogP contribution in [0.2, 0.25) is 0 Å². The summed E-state index contributed by atoms with van der Waals surface area (Å²) in [5.74, 6) is 1.73. The Morgan fingerprint density at radius 2 is 2.00 bits per heavy atom. The SMILES string of the molecule is COCCn1ccc2nc3nc(C)nn3c(-c3cccc(OC)c3)c2c1=O. The van der Waals surface area contributed by atoms with Crippen LogP contribution in [0.4, 0.5) is 0 Å². The van der Waals surface area contributed by atoms with Gasteiger partial charge in [-0.1, -0.05) is 12.1 Å². The Morgan fingerprint density at radius 3 is 2.78 bits per heavy atom. The zero-order valence-corrected chi connectivity index (χ0v) is 15.3. The molecule has 0 atom stereocenters. The summed E-state index contributed by atoms with van der Waals surface area (Å²) in [5.41, 5.74) is 1.88. The minimum atomic E-state index is -0.148. The summed E-state index contributed by atoms with van der Waals surface area (Å²) in [5, 5.41) is 4.94. The average molecular weight is 365 g/mol. The molecule has 27 heavy (non-hydrogen) atoms. The van der Waals surface area contributed by atoms with Crippen LogP contribution in [0.25, 0.3) is 27.9 Å². The summed E-state index contributed by atoms with van der Waals surface area (Å²) >= 11 is 0. The van der Waals surface area contributed by atoms with Crippen LogP contribution in [0.1, 0.15) is 5.82 Å². The Balaban J connectivity index is 2.11. The van der Waals surface area contributed by atoms with Crippen molar-refractivity contribution in [2.75, 3.05) is 20.8 Å². The number of hydrogen-bond donors (Lipinski definition) is 0. The van der Waals surface area contributed by atoms with E-state index in [9.17, 15) is 4.79 Å². The molecule has 0 fully saturated rings. The van der Waals surface area contributed by atoms with E-state index in [1.807, 2.05) is 30.3 Å². The number of benzene rings is 1. The van der Waals surface area contributed by atoms with Crippen molar-refractivity contribution in [3.8, 4) is 17.0 Å². The number of rotatable bonds is 5. The zero-order valence-electron chi connectivity index (χ0n) is 15.3. The van der Waals surface area contributed by atoms with Crippen LogP contribution in [-0.4, -0.2) is 45.0 Å². The molecule has 8 nitrogen and oxygen atoms in total. The molecule has 0 aliphatic carbocycles. The fourth-order valence-electron chi connectivity index (χ4n) is 3.12. The smallest absolute Gasteiger partial charge is 0.262 e. The minimum absolute atomic E-state index is 0.148. The summed E-state index contributed by atoms with van der Waals surface area (Å²) in [4.78, 5) is 22.1. The molecule has 4 aromatic rings. The van der Waals surface area contributed by atoms with Gasteiger partial charge in [-0.05, 0) is 25.1 Å². The lowest BCUT2D eigenvalue weighted by atomic mass is 10.1. The largest absolute Gasteiger partial charge is 0.497 e. The van der Waals surface area contributed by atoms with E-state index in [1.165, 1.54) is 0 Å². The van der Waals surface area contributed by atoms with Crippen molar-refractivity contribution in [1.82, 2.24) is 24.1 Å². The molecule has 1 aromatic carbocycles. The number of pyridine rings is 1. The van der Waals surface area contributed by atoms with Crippen molar-refractivity contribution < 1.29 is 9.47 Å². The van der Waals surface area contributed by atoms with Crippen LogP contribution >= 0.6 is 0 Å². The monoisotopic (exact) mass is 365 g/mol. The molecule has 138 valence electrons. The molecular weight excluding hydrogens is 346 g/mol. The van der Waals surface area contributed by atoms with Gasteiger partial charge in [-0.25, -0.2) is 4.98 Å². The van der Waals surface area contributed by atoms with E-state index in [1.54, 1.807) is 36.4 Å². The molecule has 0 aliphatic rings. The Bertz CT molecular complexity index is 1200. The highest BCUT2D eigenvalue weighted by Crippen LogP contribution is 2.28. The first-order chi connectivity index (χ1) is 13.1. The third-order valence-electron chi connectivity index (χ3n) is 4.39. The molecule has 0 aliphatic heterocycles.